The summed E-state index contributed by atoms with van der Waals surface area (Å²) in [5, 5.41) is 0. The van der Waals surface area contributed by atoms with Gasteiger partial charge in [0.05, 0.1) is 0 Å². The first kappa shape index (κ1) is 15.8. The van der Waals surface area contributed by atoms with Crippen molar-refractivity contribution in [1.82, 2.24) is 9.80 Å². The van der Waals surface area contributed by atoms with Gasteiger partial charge in [0.15, 0.2) is 0 Å². The van der Waals surface area contributed by atoms with Crippen LogP contribution in [0.4, 0.5) is 0 Å². The maximum absolute atomic E-state index is 6.36. The monoisotopic (exact) mass is 293 g/mol. The minimum absolute atomic E-state index is 0.291. The molecule has 1 saturated carbocycles. The predicted molar refractivity (Wildman–Crippen MR) is 89.4 cm³/mol. The number of nitrogens with two attached hydrogens (primary N) is 1. The molecular formula is C18H35N3. The molecule has 3 aliphatic rings. The summed E-state index contributed by atoms with van der Waals surface area (Å²) in [6.45, 7) is 8.26. The second-order valence-electron chi connectivity index (χ2n) is 8.73. The SMILES string of the molecule is CN1C2CCC1CN(C1(CN)CCCC(C)(C)CC1)CC2. The van der Waals surface area contributed by atoms with Gasteiger partial charge >= 0.3 is 0 Å². The van der Waals surface area contributed by atoms with E-state index < -0.39 is 0 Å². The molecule has 21 heavy (non-hydrogen) atoms. The van der Waals surface area contributed by atoms with E-state index in [-0.39, 0.29) is 0 Å². The van der Waals surface area contributed by atoms with Gasteiger partial charge in [-0.25, -0.2) is 0 Å². The molecule has 2 aliphatic heterocycles. The van der Waals surface area contributed by atoms with Crippen molar-refractivity contribution in [3.05, 3.63) is 0 Å². The third-order valence-electron chi connectivity index (χ3n) is 6.96. The van der Waals surface area contributed by atoms with Gasteiger partial charge in [-0.1, -0.05) is 20.3 Å². The molecule has 2 bridgehead atoms. The normalized spacial score (nSPS) is 41.7. The van der Waals surface area contributed by atoms with E-state index in [0.717, 1.165) is 18.6 Å². The molecule has 3 atom stereocenters. The Morgan fingerprint density at radius 2 is 1.76 bits per heavy atom. The molecule has 3 rings (SSSR count). The fraction of sp³-hybridized carbons (Fsp3) is 1.00. The Kier molecular flexibility index (Phi) is 4.37. The van der Waals surface area contributed by atoms with Crippen molar-refractivity contribution in [1.29, 1.82) is 0 Å². The summed E-state index contributed by atoms with van der Waals surface area (Å²) < 4.78 is 0. The van der Waals surface area contributed by atoms with Gasteiger partial charge in [-0.3, -0.25) is 9.80 Å². The van der Waals surface area contributed by atoms with Crippen molar-refractivity contribution in [2.45, 2.75) is 82.8 Å². The Hall–Kier alpha value is -0.120. The zero-order valence-corrected chi connectivity index (χ0v) is 14.4. The molecule has 2 saturated heterocycles. The van der Waals surface area contributed by atoms with Crippen LogP contribution >= 0.6 is 0 Å². The second kappa shape index (κ2) is 5.82. The number of hydrogen-bond acceptors (Lipinski definition) is 3. The molecule has 3 heteroatoms. The van der Waals surface area contributed by atoms with Crippen molar-refractivity contribution >= 4 is 0 Å². The Morgan fingerprint density at radius 3 is 2.52 bits per heavy atom. The lowest BCUT2D eigenvalue weighted by atomic mass is 9.82. The Balaban J connectivity index is 1.76. The minimum Gasteiger partial charge on any atom is -0.329 e. The van der Waals surface area contributed by atoms with E-state index >= 15 is 0 Å². The summed E-state index contributed by atoms with van der Waals surface area (Å²) in [6, 6.07) is 1.61. The quantitative estimate of drug-likeness (QED) is 0.795. The van der Waals surface area contributed by atoms with Crippen LogP contribution in [0.15, 0.2) is 0 Å². The summed E-state index contributed by atoms with van der Waals surface area (Å²) in [5.41, 5.74) is 7.16. The molecule has 3 unspecified atom stereocenters. The highest BCUT2D eigenvalue weighted by Gasteiger charge is 2.43. The van der Waals surface area contributed by atoms with E-state index in [1.54, 1.807) is 0 Å². The molecule has 1 aliphatic carbocycles. The largest absolute Gasteiger partial charge is 0.329 e. The van der Waals surface area contributed by atoms with Crippen LogP contribution in [0.1, 0.15) is 65.2 Å². The highest BCUT2D eigenvalue weighted by atomic mass is 15.3. The summed E-state index contributed by atoms with van der Waals surface area (Å²) >= 11 is 0. The van der Waals surface area contributed by atoms with Gasteiger partial charge in [0.1, 0.15) is 0 Å². The van der Waals surface area contributed by atoms with Crippen LogP contribution < -0.4 is 5.73 Å². The van der Waals surface area contributed by atoms with Crippen molar-refractivity contribution in [3.63, 3.8) is 0 Å². The highest BCUT2D eigenvalue weighted by Crippen LogP contribution is 2.42. The van der Waals surface area contributed by atoms with Crippen LogP contribution in [0.5, 0.6) is 0 Å². The standard InChI is InChI=1S/C18H35N3/c1-17(2)8-4-9-18(14-19,11-10-17)21-12-7-15-5-6-16(13-21)20(15)3/h15-16H,4-14,19H2,1-3H3. The second-order valence-corrected chi connectivity index (χ2v) is 8.73. The first-order valence-electron chi connectivity index (χ1n) is 9.13. The molecular weight excluding hydrogens is 258 g/mol. The molecule has 3 fully saturated rings. The Bertz CT molecular complexity index is 367. The van der Waals surface area contributed by atoms with Crippen LogP contribution in [-0.2, 0) is 0 Å². The highest BCUT2D eigenvalue weighted by molar-refractivity contribution is 5.00. The van der Waals surface area contributed by atoms with Crippen LogP contribution in [0, 0.1) is 5.41 Å². The van der Waals surface area contributed by atoms with E-state index in [1.807, 2.05) is 0 Å². The number of nitrogens with zero attached hydrogens (tertiary/aromatic N) is 2. The lowest BCUT2D eigenvalue weighted by Gasteiger charge is -2.44. The lowest BCUT2D eigenvalue weighted by Crippen LogP contribution is -2.56. The van der Waals surface area contributed by atoms with Gasteiger partial charge in [0, 0.05) is 37.3 Å². The number of fused-ring (bicyclic) bond motifs is 2. The molecule has 3 nitrogen and oxygen atoms in total. The van der Waals surface area contributed by atoms with Gasteiger partial charge < -0.3 is 5.73 Å². The summed E-state index contributed by atoms with van der Waals surface area (Å²) in [7, 11) is 2.34. The molecule has 0 aromatic heterocycles. The van der Waals surface area contributed by atoms with E-state index in [4.69, 9.17) is 5.73 Å². The maximum Gasteiger partial charge on any atom is 0.0332 e. The first-order chi connectivity index (χ1) is 9.96. The molecule has 0 radical (unpaired) electrons. The maximum atomic E-state index is 6.36. The smallest absolute Gasteiger partial charge is 0.0332 e. The molecule has 2 N–H and O–H groups in total. The van der Waals surface area contributed by atoms with Gasteiger partial charge in [0.25, 0.3) is 0 Å². The number of hydrogen-bond donors (Lipinski definition) is 1. The van der Waals surface area contributed by atoms with Gasteiger partial charge in [0.2, 0.25) is 0 Å². The van der Waals surface area contributed by atoms with Crippen molar-refractivity contribution < 1.29 is 0 Å². The van der Waals surface area contributed by atoms with Gasteiger partial charge in [-0.15, -0.1) is 0 Å². The first-order valence-corrected chi connectivity index (χ1v) is 9.13. The third kappa shape index (κ3) is 3.02. The van der Waals surface area contributed by atoms with Crippen LogP contribution in [0.25, 0.3) is 0 Å². The minimum atomic E-state index is 0.291. The van der Waals surface area contributed by atoms with Gasteiger partial charge in [-0.05, 0) is 57.4 Å². The van der Waals surface area contributed by atoms with E-state index in [1.165, 1.54) is 64.5 Å². The molecule has 0 aromatic rings. The van der Waals surface area contributed by atoms with E-state index in [9.17, 15) is 0 Å². The van der Waals surface area contributed by atoms with E-state index in [0.29, 0.717) is 11.0 Å². The summed E-state index contributed by atoms with van der Waals surface area (Å²) in [5.74, 6) is 0. The lowest BCUT2D eigenvalue weighted by molar-refractivity contribution is 0.0655. The van der Waals surface area contributed by atoms with E-state index in [2.05, 4.69) is 30.7 Å². The zero-order valence-electron chi connectivity index (χ0n) is 14.4. The fourth-order valence-electron chi connectivity index (χ4n) is 5.11. The Labute approximate surface area is 131 Å². The topological polar surface area (TPSA) is 32.5 Å². The molecule has 0 aromatic carbocycles. The van der Waals surface area contributed by atoms with Crippen LogP contribution in [0.3, 0.4) is 0 Å². The third-order valence-corrected chi connectivity index (χ3v) is 6.96. The predicted octanol–water partition coefficient (Wildman–Crippen LogP) is 2.84. The Morgan fingerprint density at radius 1 is 1.00 bits per heavy atom. The average molecular weight is 293 g/mol. The summed E-state index contributed by atoms with van der Waals surface area (Å²) in [6.07, 6.45) is 10.8. The van der Waals surface area contributed by atoms with Crippen molar-refractivity contribution in [2.24, 2.45) is 11.1 Å². The average Bonchev–Trinajstić information content (AvgIpc) is 2.58. The number of likely N-dealkylation sites (tertiary alicyclic amines) is 1. The van der Waals surface area contributed by atoms with Crippen molar-refractivity contribution in [3.8, 4) is 0 Å². The zero-order chi connectivity index (χ0) is 15.1. The number of rotatable bonds is 2. The van der Waals surface area contributed by atoms with Crippen LogP contribution in [-0.4, -0.2) is 54.1 Å². The molecule has 2 heterocycles. The number of likely N-dealkylation sites (N-methyl/N-ethyl adjacent to an activating group) is 1. The molecule has 122 valence electrons. The molecule has 0 amide bonds. The summed E-state index contributed by atoms with van der Waals surface area (Å²) in [4.78, 5) is 5.47. The van der Waals surface area contributed by atoms with Gasteiger partial charge in [-0.2, -0.15) is 0 Å². The molecule has 0 spiro atoms. The fourth-order valence-corrected chi connectivity index (χ4v) is 5.11. The van der Waals surface area contributed by atoms with Crippen LogP contribution in [0.2, 0.25) is 0 Å². The van der Waals surface area contributed by atoms with Crippen molar-refractivity contribution in [2.75, 3.05) is 26.7 Å².